The molecule has 3 rings (SSSR count). The number of rotatable bonds is 3. The van der Waals surface area contributed by atoms with E-state index in [1.165, 1.54) is 12.8 Å². The fourth-order valence-electron chi connectivity index (χ4n) is 2.88. The van der Waals surface area contributed by atoms with Gasteiger partial charge in [-0.1, -0.05) is 30.1 Å². The average molecular weight is 318 g/mol. The predicted molar refractivity (Wildman–Crippen MR) is 81.6 cm³/mol. The van der Waals surface area contributed by atoms with Crippen LogP contribution in [0.4, 0.5) is 0 Å². The van der Waals surface area contributed by atoms with Gasteiger partial charge in [0.25, 0.3) is 0 Å². The van der Waals surface area contributed by atoms with Crippen LogP contribution in [0.3, 0.4) is 0 Å². The molecule has 1 aromatic heterocycles. The van der Waals surface area contributed by atoms with Gasteiger partial charge < -0.3 is 4.57 Å². The van der Waals surface area contributed by atoms with Gasteiger partial charge in [0.05, 0.1) is 21.1 Å². The molecule has 19 heavy (non-hydrogen) atoms. The molecule has 0 spiro atoms. The number of fused-ring (bicyclic) bond motifs is 1. The standard InChI is InChI=1S/C14H15Cl3N2/c1-8-4-9(5-8)19-13-7-11(17)10(16)6-12(13)18-14(19)2-3-15/h6-9H,2-5H2,1H3. The molecule has 1 aliphatic rings. The second kappa shape index (κ2) is 5.16. The number of hydrogen-bond acceptors (Lipinski definition) is 1. The van der Waals surface area contributed by atoms with E-state index in [0.29, 0.717) is 22.0 Å². The lowest BCUT2D eigenvalue weighted by atomic mass is 9.81. The number of aryl methyl sites for hydroxylation is 1. The number of aromatic nitrogens is 2. The first-order chi connectivity index (χ1) is 9.10. The summed E-state index contributed by atoms with van der Waals surface area (Å²) in [4.78, 5) is 4.67. The van der Waals surface area contributed by atoms with Crippen molar-refractivity contribution in [1.29, 1.82) is 0 Å². The van der Waals surface area contributed by atoms with E-state index in [0.717, 1.165) is 29.2 Å². The van der Waals surface area contributed by atoms with Crippen LogP contribution in [-0.4, -0.2) is 15.4 Å². The molecule has 2 nitrogen and oxygen atoms in total. The van der Waals surface area contributed by atoms with E-state index < -0.39 is 0 Å². The number of alkyl halides is 1. The summed E-state index contributed by atoms with van der Waals surface area (Å²) in [5.41, 5.74) is 1.99. The molecule has 0 radical (unpaired) electrons. The molecule has 1 aromatic carbocycles. The molecule has 102 valence electrons. The minimum atomic E-state index is 0.524. The summed E-state index contributed by atoms with van der Waals surface area (Å²) in [7, 11) is 0. The van der Waals surface area contributed by atoms with Crippen LogP contribution < -0.4 is 0 Å². The van der Waals surface area contributed by atoms with Gasteiger partial charge in [-0.2, -0.15) is 0 Å². The Bertz CT molecular complexity index is 615. The average Bonchev–Trinajstić information content (AvgIpc) is 2.64. The van der Waals surface area contributed by atoms with Crippen molar-refractivity contribution in [3.63, 3.8) is 0 Å². The van der Waals surface area contributed by atoms with E-state index in [1.807, 2.05) is 12.1 Å². The molecule has 1 heterocycles. The maximum atomic E-state index is 6.14. The largest absolute Gasteiger partial charge is 0.325 e. The van der Waals surface area contributed by atoms with Crippen LogP contribution in [-0.2, 0) is 6.42 Å². The van der Waals surface area contributed by atoms with E-state index in [4.69, 9.17) is 34.8 Å². The van der Waals surface area contributed by atoms with Crippen molar-refractivity contribution in [2.45, 2.75) is 32.2 Å². The van der Waals surface area contributed by atoms with Crippen molar-refractivity contribution in [3.05, 3.63) is 28.0 Å². The first-order valence-corrected chi connectivity index (χ1v) is 7.81. The highest BCUT2D eigenvalue weighted by Crippen LogP contribution is 2.41. The molecule has 0 aliphatic heterocycles. The lowest BCUT2D eigenvalue weighted by molar-refractivity contribution is 0.217. The highest BCUT2D eigenvalue weighted by atomic mass is 35.5. The van der Waals surface area contributed by atoms with Crippen LogP contribution in [0.5, 0.6) is 0 Å². The monoisotopic (exact) mass is 316 g/mol. The number of hydrogen-bond donors (Lipinski definition) is 0. The smallest absolute Gasteiger partial charge is 0.111 e. The van der Waals surface area contributed by atoms with Crippen molar-refractivity contribution < 1.29 is 0 Å². The normalized spacial score (nSPS) is 22.7. The Morgan fingerprint density at radius 3 is 2.58 bits per heavy atom. The third-order valence-corrected chi connectivity index (χ3v) is 4.75. The quantitative estimate of drug-likeness (QED) is 0.720. The Morgan fingerprint density at radius 2 is 1.95 bits per heavy atom. The van der Waals surface area contributed by atoms with E-state index in [1.54, 1.807) is 0 Å². The molecule has 1 fully saturated rings. The number of imidazole rings is 1. The first kappa shape index (κ1) is 13.5. The minimum absolute atomic E-state index is 0.524. The van der Waals surface area contributed by atoms with Crippen LogP contribution in [0.1, 0.15) is 31.6 Å². The van der Waals surface area contributed by atoms with Crippen LogP contribution in [0, 0.1) is 5.92 Å². The van der Waals surface area contributed by atoms with E-state index in [-0.39, 0.29) is 0 Å². The van der Waals surface area contributed by atoms with Gasteiger partial charge in [-0.3, -0.25) is 0 Å². The van der Waals surface area contributed by atoms with Crippen molar-refractivity contribution in [3.8, 4) is 0 Å². The fraction of sp³-hybridized carbons (Fsp3) is 0.500. The van der Waals surface area contributed by atoms with Gasteiger partial charge in [-0.05, 0) is 30.9 Å². The lowest BCUT2D eigenvalue weighted by Gasteiger charge is -2.35. The third kappa shape index (κ3) is 2.35. The molecular formula is C14H15Cl3N2. The zero-order valence-electron chi connectivity index (χ0n) is 10.7. The van der Waals surface area contributed by atoms with Crippen molar-refractivity contribution >= 4 is 45.8 Å². The molecule has 5 heteroatoms. The number of benzene rings is 1. The Balaban J connectivity index is 2.14. The maximum Gasteiger partial charge on any atom is 0.111 e. The topological polar surface area (TPSA) is 17.8 Å². The van der Waals surface area contributed by atoms with Gasteiger partial charge in [0.15, 0.2) is 0 Å². The van der Waals surface area contributed by atoms with Crippen molar-refractivity contribution in [2.24, 2.45) is 5.92 Å². The van der Waals surface area contributed by atoms with Gasteiger partial charge >= 0.3 is 0 Å². The molecule has 1 saturated carbocycles. The Labute approximate surface area is 127 Å². The number of halogens is 3. The van der Waals surface area contributed by atoms with Gasteiger partial charge in [0.2, 0.25) is 0 Å². The lowest BCUT2D eigenvalue weighted by Crippen LogP contribution is -2.26. The Kier molecular flexibility index (Phi) is 3.67. The number of nitrogens with zero attached hydrogens (tertiary/aromatic N) is 2. The molecular weight excluding hydrogens is 303 g/mol. The Morgan fingerprint density at radius 1 is 1.26 bits per heavy atom. The minimum Gasteiger partial charge on any atom is -0.325 e. The summed E-state index contributed by atoms with van der Waals surface area (Å²) in [6, 6.07) is 4.29. The van der Waals surface area contributed by atoms with Gasteiger partial charge in [0.1, 0.15) is 5.82 Å². The van der Waals surface area contributed by atoms with Crippen molar-refractivity contribution in [1.82, 2.24) is 9.55 Å². The summed E-state index contributed by atoms with van der Waals surface area (Å²) in [5, 5.41) is 1.14. The van der Waals surface area contributed by atoms with Gasteiger partial charge in [-0.25, -0.2) is 4.98 Å². The summed E-state index contributed by atoms with van der Waals surface area (Å²) < 4.78 is 2.31. The summed E-state index contributed by atoms with van der Waals surface area (Å²) in [6.45, 7) is 2.28. The zero-order valence-corrected chi connectivity index (χ0v) is 12.9. The SMILES string of the molecule is CC1CC(n2c(CCCl)nc3cc(Cl)c(Cl)cc32)C1. The summed E-state index contributed by atoms with van der Waals surface area (Å²) >= 11 is 18.1. The van der Waals surface area contributed by atoms with Crippen LogP contribution >= 0.6 is 34.8 Å². The first-order valence-electron chi connectivity index (χ1n) is 6.52. The molecule has 0 N–H and O–H groups in total. The second-order valence-corrected chi connectivity index (χ2v) is 6.51. The van der Waals surface area contributed by atoms with Crippen LogP contribution in [0.25, 0.3) is 11.0 Å². The van der Waals surface area contributed by atoms with Crippen molar-refractivity contribution in [2.75, 3.05) is 5.88 Å². The molecule has 1 aliphatic carbocycles. The van der Waals surface area contributed by atoms with Crippen LogP contribution in [0.2, 0.25) is 10.0 Å². The third-order valence-electron chi connectivity index (χ3n) is 3.84. The van der Waals surface area contributed by atoms with Gasteiger partial charge in [-0.15, -0.1) is 11.6 Å². The predicted octanol–water partition coefficient (Wildman–Crippen LogP) is 5.10. The highest BCUT2D eigenvalue weighted by molar-refractivity contribution is 6.42. The molecule has 0 amide bonds. The van der Waals surface area contributed by atoms with E-state index in [9.17, 15) is 0 Å². The second-order valence-electron chi connectivity index (χ2n) is 5.32. The molecule has 2 aromatic rings. The summed E-state index contributed by atoms with van der Waals surface area (Å²) in [5.74, 6) is 2.40. The zero-order chi connectivity index (χ0) is 13.6. The van der Waals surface area contributed by atoms with E-state index in [2.05, 4.69) is 16.5 Å². The van der Waals surface area contributed by atoms with Crippen LogP contribution in [0.15, 0.2) is 12.1 Å². The fourth-order valence-corrected chi connectivity index (χ4v) is 3.36. The van der Waals surface area contributed by atoms with Gasteiger partial charge in [0, 0.05) is 18.3 Å². The highest BCUT2D eigenvalue weighted by Gasteiger charge is 2.30. The molecule has 0 unspecified atom stereocenters. The maximum absolute atomic E-state index is 6.14. The molecule has 0 bridgehead atoms. The molecule has 0 atom stereocenters. The van der Waals surface area contributed by atoms with E-state index >= 15 is 0 Å². The molecule has 0 saturated heterocycles. The summed E-state index contributed by atoms with van der Waals surface area (Å²) in [6.07, 6.45) is 3.17. The Hall–Kier alpha value is -0.440.